The molecule has 1 heteroatoms. The third-order valence-corrected chi connectivity index (χ3v) is 5.40. The van der Waals surface area contributed by atoms with Gasteiger partial charge in [0.25, 0.3) is 0 Å². The molecule has 0 spiro atoms. The highest BCUT2D eigenvalue weighted by Crippen LogP contribution is 2.57. The van der Waals surface area contributed by atoms with Crippen LogP contribution in [0.2, 0.25) is 0 Å². The molecule has 0 unspecified atom stereocenters. The first-order valence-electron chi connectivity index (χ1n) is 5.44. The molecule has 0 aliphatic carbocycles. The molecule has 0 amide bonds. The Bertz CT molecular complexity index is 174. The van der Waals surface area contributed by atoms with Gasteiger partial charge in [-0.15, -0.1) is 11.6 Å². The van der Waals surface area contributed by atoms with Crippen molar-refractivity contribution in [2.24, 2.45) is 16.2 Å². The second-order valence-electron chi connectivity index (χ2n) is 6.97. The lowest BCUT2D eigenvalue weighted by Crippen LogP contribution is -2.51. The predicted octanol–water partition coefficient (Wildman–Crippen LogP) is 5.10. The van der Waals surface area contributed by atoms with Gasteiger partial charge in [-0.3, -0.25) is 0 Å². The van der Waals surface area contributed by atoms with Crippen LogP contribution in [0.5, 0.6) is 0 Å². The Kier molecular flexibility index (Phi) is 3.47. The van der Waals surface area contributed by atoms with Gasteiger partial charge in [0.05, 0.1) is 0 Å². The topological polar surface area (TPSA) is 0 Å². The highest BCUT2D eigenvalue weighted by molar-refractivity contribution is 6.24. The summed E-state index contributed by atoms with van der Waals surface area (Å²) < 4.78 is 0. The standard InChI is InChI=1S/C13H27Cl/c1-10(2,3)11(4,5)12(6,7)13(8,9)14/h1-9H3. The Morgan fingerprint density at radius 3 is 0.929 bits per heavy atom. The molecule has 0 aliphatic heterocycles. The Labute approximate surface area is 95.4 Å². The van der Waals surface area contributed by atoms with Crippen LogP contribution in [-0.2, 0) is 0 Å². The number of hydrogen-bond acceptors (Lipinski definition) is 0. The van der Waals surface area contributed by atoms with Crippen LogP contribution in [0.3, 0.4) is 0 Å². The summed E-state index contributed by atoms with van der Waals surface area (Å²) in [5.41, 5.74) is 0.522. The quantitative estimate of drug-likeness (QED) is 0.566. The van der Waals surface area contributed by atoms with Crippen molar-refractivity contribution in [3.05, 3.63) is 0 Å². The van der Waals surface area contributed by atoms with Crippen LogP contribution in [-0.4, -0.2) is 4.87 Å². The fourth-order valence-electron chi connectivity index (χ4n) is 1.68. The molecule has 0 saturated heterocycles. The molecule has 0 saturated carbocycles. The zero-order chi connectivity index (χ0) is 12.0. The van der Waals surface area contributed by atoms with Gasteiger partial charge < -0.3 is 0 Å². The van der Waals surface area contributed by atoms with Crippen molar-refractivity contribution in [2.75, 3.05) is 0 Å². The van der Waals surface area contributed by atoms with Crippen molar-refractivity contribution in [2.45, 2.75) is 67.2 Å². The molecule has 0 fully saturated rings. The minimum atomic E-state index is -0.191. The molecule has 0 rings (SSSR count). The van der Waals surface area contributed by atoms with E-state index in [1.54, 1.807) is 0 Å². The maximum absolute atomic E-state index is 6.52. The van der Waals surface area contributed by atoms with Gasteiger partial charge in [-0.2, -0.15) is 0 Å². The molecule has 0 aromatic carbocycles. The van der Waals surface area contributed by atoms with Gasteiger partial charge >= 0.3 is 0 Å². The van der Waals surface area contributed by atoms with E-state index in [4.69, 9.17) is 11.6 Å². The Morgan fingerprint density at radius 1 is 0.571 bits per heavy atom. The minimum Gasteiger partial charge on any atom is -0.119 e. The highest BCUT2D eigenvalue weighted by atomic mass is 35.5. The Balaban J connectivity index is 5.30. The summed E-state index contributed by atoms with van der Waals surface area (Å²) in [6, 6.07) is 0. The van der Waals surface area contributed by atoms with Gasteiger partial charge in [0.15, 0.2) is 0 Å². The lowest BCUT2D eigenvalue weighted by molar-refractivity contribution is -0.0293. The average Bonchev–Trinajstić information content (AvgIpc) is 1.81. The van der Waals surface area contributed by atoms with E-state index in [1.165, 1.54) is 0 Å². The number of alkyl halides is 1. The molecular weight excluding hydrogens is 192 g/mol. The second kappa shape index (κ2) is 3.40. The summed E-state index contributed by atoms with van der Waals surface area (Å²) in [7, 11) is 0. The van der Waals surface area contributed by atoms with Crippen LogP contribution in [0, 0.1) is 16.2 Å². The third-order valence-electron chi connectivity index (χ3n) is 4.92. The lowest BCUT2D eigenvalue weighted by Gasteiger charge is -2.55. The van der Waals surface area contributed by atoms with Gasteiger partial charge in [0.2, 0.25) is 0 Å². The van der Waals surface area contributed by atoms with Crippen LogP contribution in [0.4, 0.5) is 0 Å². The van der Waals surface area contributed by atoms with Crippen molar-refractivity contribution >= 4 is 11.6 Å². The molecule has 0 nitrogen and oxygen atoms in total. The van der Waals surface area contributed by atoms with Crippen LogP contribution >= 0.6 is 11.6 Å². The molecule has 0 atom stereocenters. The summed E-state index contributed by atoms with van der Waals surface area (Å²) >= 11 is 6.52. The van der Waals surface area contributed by atoms with Crippen LogP contribution in [0.1, 0.15) is 62.3 Å². The number of hydrogen-bond donors (Lipinski definition) is 0. The van der Waals surface area contributed by atoms with Gasteiger partial charge in [0.1, 0.15) is 0 Å². The molecule has 0 aromatic heterocycles. The third kappa shape index (κ3) is 2.10. The van der Waals surface area contributed by atoms with Gasteiger partial charge in [-0.25, -0.2) is 0 Å². The van der Waals surface area contributed by atoms with E-state index in [9.17, 15) is 0 Å². The van der Waals surface area contributed by atoms with E-state index >= 15 is 0 Å². The largest absolute Gasteiger partial charge is 0.119 e. The normalized spacial score (nSPS) is 15.9. The van der Waals surface area contributed by atoms with Gasteiger partial charge in [0, 0.05) is 4.87 Å². The zero-order valence-electron chi connectivity index (χ0n) is 11.4. The summed E-state index contributed by atoms with van der Waals surface area (Å²) in [4.78, 5) is -0.191. The van der Waals surface area contributed by atoms with E-state index in [1.807, 2.05) is 0 Å². The fourth-order valence-corrected chi connectivity index (χ4v) is 1.92. The summed E-state index contributed by atoms with van der Waals surface area (Å²) in [5.74, 6) is 0. The van der Waals surface area contributed by atoms with E-state index in [0.717, 1.165) is 0 Å². The molecule has 0 N–H and O–H groups in total. The lowest BCUT2D eigenvalue weighted by atomic mass is 9.52. The number of halogens is 1. The maximum Gasteiger partial charge on any atom is 0.0446 e. The van der Waals surface area contributed by atoms with E-state index in [0.29, 0.717) is 0 Å². The van der Waals surface area contributed by atoms with Crippen molar-refractivity contribution in [3.63, 3.8) is 0 Å². The zero-order valence-corrected chi connectivity index (χ0v) is 12.1. The van der Waals surface area contributed by atoms with Crippen molar-refractivity contribution < 1.29 is 0 Å². The second-order valence-corrected chi connectivity index (χ2v) is 7.92. The predicted molar refractivity (Wildman–Crippen MR) is 66.9 cm³/mol. The highest BCUT2D eigenvalue weighted by Gasteiger charge is 2.52. The monoisotopic (exact) mass is 218 g/mol. The fraction of sp³-hybridized carbons (Fsp3) is 1.00. The van der Waals surface area contributed by atoms with Gasteiger partial charge in [-0.05, 0) is 30.1 Å². The Morgan fingerprint density at radius 2 is 0.857 bits per heavy atom. The van der Waals surface area contributed by atoms with Crippen molar-refractivity contribution in [1.29, 1.82) is 0 Å². The first-order valence-corrected chi connectivity index (χ1v) is 5.82. The Hall–Kier alpha value is 0.290. The van der Waals surface area contributed by atoms with Crippen LogP contribution in [0.15, 0.2) is 0 Å². The molecule has 14 heavy (non-hydrogen) atoms. The summed E-state index contributed by atoms with van der Waals surface area (Å²) in [6.07, 6.45) is 0. The van der Waals surface area contributed by atoms with E-state index in [-0.39, 0.29) is 21.1 Å². The molecule has 0 bridgehead atoms. The molecular formula is C13H27Cl. The summed E-state index contributed by atoms with van der Waals surface area (Å²) in [5, 5.41) is 0. The van der Waals surface area contributed by atoms with Crippen LogP contribution in [0.25, 0.3) is 0 Å². The molecule has 86 valence electrons. The first kappa shape index (κ1) is 14.3. The molecule has 0 heterocycles. The molecule has 0 radical (unpaired) electrons. The minimum absolute atomic E-state index is 0.0831. The number of rotatable bonds is 2. The molecule has 0 aliphatic rings. The SMILES string of the molecule is CC(C)(C)C(C)(C)C(C)(C)C(C)(C)Cl. The van der Waals surface area contributed by atoms with Crippen molar-refractivity contribution in [3.8, 4) is 0 Å². The van der Waals surface area contributed by atoms with Crippen LogP contribution < -0.4 is 0 Å². The van der Waals surface area contributed by atoms with E-state index < -0.39 is 0 Å². The smallest absolute Gasteiger partial charge is 0.0446 e. The van der Waals surface area contributed by atoms with E-state index in [2.05, 4.69) is 62.3 Å². The summed E-state index contributed by atoms with van der Waals surface area (Å²) in [6.45, 7) is 20.3. The first-order chi connectivity index (χ1) is 5.75. The maximum atomic E-state index is 6.52. The van der Waals surface area contributed by atoms with Crippen molar-refractivity contribution in [1.82, 2.24) is 0 Å². The molecule has 0 aromatic rings. The van der Waals surface area contributed by atoms with Gasteiger partial charge in [-0.1, -0.05) is 48.5 Å². The average molecular weight is 219 g/mol.